The van der Waals surface area contributed by atoms with Crippen LogP contribution in [0, 0.1) is 19.7 Å². The molecular weight excluding hydrogens is 403 g/mol. The first-order valence-electron chi connectivity index (χ1n) is 9.38. The molecule has 0 fully saturated rings. The van der Waals surface area contributed by atoms with Crippen molar-refractivity contribution >= 4 is 23.4 Å². The quantitative estimate of drug-likeness (QED) is 0.402. The molecule has 0 spiro atoms. The summed E-state index contributed by atoms with van der Waals surface area (Å²) in [4.78, 5) is 12.4. The van der Waals surface area contributed by atoms with E-state index in [1.54, 1.807) is 18.2 Å². The highest BCUT2D eigenvalue weighted by Gasteiger charge is 2.15. The van der Waals surface area contributed by atoms with Gasteiger partial charge >= 0.3 is 0 Å². The second kappa shape index (κ2) is 10.1. The molecule has 1 aromatic heterocycles. The average Bonchev–Trinajstić information content (AvgIpc) is 3.11. The standard InChI is InChI=1S/C22H23FN4O2S/c1-4-12-27-19(13-29-18-10-8-17(23)9-11-18)25-26-22(27)30-14-20(28)24-21-15(2)6-5-7-16(21)3/h4-11H,1,12-14H2,2-3H3,(H,24,28). The second-order valence-corrected chi connectivity index (χ2v) is 7.59. The molecule has 0 aliphatic heterocycles. The minimum atomic E-state index is -0.324. The zero-order chi connectivity index (χ0) is 21.5. The molecule has 2 aromatic carbocycles. The maximum atomic E-state index is 13.0. The van der Waals surface area contributed by atoms with Gasteiger partial charge in [-0.3, -0.25) is 9.36 Å². The molecule has 8 heteroatoms. The normalized spacial score (nSPS) is 10.6. The molecular formula is C22H23FN4O2S. The Morgan fingerprint density at radius 2 is 1.90 bits per heavy atom. The van der Waals surface area contributed by atoms with E-state index < -0.39 is 0 Å². The molecule has 0 aliphatic carbocycles. The van der Waals surface area contributed by atoms with Crippen LogP contribution in [0.4, 0.5) is 10.1 Å². The molecule has 3 rings (SSSR count). The third-order valence-corrected chi connectivity index (χ3v) is 5.33. The third kappa shape index (κ3) is 5.48. The summed E-state index contributed by atoms with van der Waals surface area (Å²) in [6.45, 7) is 8.34. The fourth-order valence-corrected chi connectivity index (χ4v) is 3.61. The van der Waals surface area contributed by atoms with Crippen LogP contribution < -0.4 is 10.1 Å². The van der Waals surface area contributed by atoms with Gasteiger partial charge in [-0.1, -0.05) is 36.0 Å². The Labute approximate surface area is 179 Å². The number of carbonyl (C=O) groups excluding carboxylic acids is 1. The van der Waals surface area contributed by atoms with Gasteiger partial charge in [-0.25, -0.2) is 4.39 Å². The molecule has 1 heterocycles. The van der Waals surface area contributed by atoms with Crippen LogP contribution >= 0.6 is 11.8 Å². The predicted molar refractivity (Wildman–Crippen MR) is 116 cm³/mol. The number of anilines is 1. The molecule has 1 N–H and O–H groups in total. The van der Waals surface area contributed by atoms with Crippen molar-refractivity contribution in [2.45, 2.75) is 32.2 Å². The van der Waals surface area contributed by atoms with Crippen LogP contribution in [0.25, 0.3) is 0 Å². The van der Waals surface area contributed by atoms with E-state index in [-0.39, 0.29) is 24.1 Å². The Morgan fingerprint density at radius 3 is 2.57 bits per heavy atom. The van der Waals surface area contributed by atoms with Gasteiger partial charge in [0.15, 0.2) is 11.0 Å². The van der Waals surface area contributed by atoms with Crippen molar-refractivity contribution in [3.63, 3.8) is 0 Å². The number of nitrogens with one attached hydrogen (secondary N) is 1. The number of halogens is 1. The molecule has 1 amide bonds. The summed E-state index contributed by atoms with van der Waals surface area (Å²) in [5.41, 5.74) is 2.87. The van der Waals surface area contributed by atoms with Crippen molar-refractivity contribution in [1.29, 1.82) is 0 Å². The number of hydrogen-bond donors (Lipinski definition) is 1. The van der Waals surface area contributed by atoms with Crippen molar-refractivity contribution in [3.05, 3.63) is 77.9 Å². The van der Waals surface area contributed by atoms with E-state index in [1.165, 1.54) is 23.9 Å². The topological polar surface area (TPSA) is 69.0 Å². The SMILES string of the molecule is C=CCn1c(COc2ccc(F)cc2)nnc1SCC(=O)Nc1c(C)cccc1C. The van der Waals surface area contributed by atoms with E-state index in [1.807, 2.05) is 36.6 Å². The highest BCUT2D eigenvalue weighted by Crippen LogP contribution is 2.22. The molecule has 0 atom stereocenters. The number of aryl methyl sites for hydroxylation is 2. The molecule has 3 aromatic rings. The van der Waals surface area contributed by atoms with Crippen LogP contribution in [-0.4, -0.2) is 26.4 Å². The Balaban J connectivity index is 1.63. The summed E-state index contributed by atoms with van der Waals surface area (Å²) in [6.07, 6.45) is 1.73. The molecule has 0 bridgehead atoms. The van der Waals surface area contributed by atoms with Crippen LogP contribution in [0.1, 0.15) is 17.0 Å². The number of ether oxygens (including phenoxy) is 1. The smallest absolute Gasteiger partial charge is 0.234 e. The number of hydrogen-bond acceptors (Lipinski definition) is 5. The summed E-state index contributed by atoms with van der Waals surface area (Å²) in [6, 6.07) is 11.7. The minimum Gasteiger partial charge on any atom is -0.486 e. The molecule has 0 aliphatic rings. The van der Waals surface area contributed by atoms with Crippen LogP contribution in [-0.2, 0) is 17.9 Å². The molecule has 6 nitrogen and oxygen atoms in total. The zero-order valence-corrected chi connectivity index (χ0v) is 17.7. The Hall–Kier alpha value is -3.13. The Morgan fingerprint density at radius 1 is 1.20 bits per heavy atom. The van der Waals surface area contributed by atoms with Gasteiger partial charge in [0.05, 0.1) is 5.75 Å². The summed E-state index contributed by atoms with van der Waals surface area (Å²) >= 11 is 1.29. The lowest BCUT2D eigenvalue weighted by atomic mass is 10.1. The first kappa shape index (κ1) is 21.6. The predicted octanol–water partition coefficient (Wildman–Crippen LogP) is 4.53. The summed E-state index contributed by atoms with van der Waals surface area (Å²) in [7, 11) is 0. The van der Waals surface area contributed by atoms with Gasteiger partial charge in [-0.05, 0) is 49.2 Å². The highest BCUT2D eigenvalue weighted by molar-refractivity contribution is 7.99. The molecule has 30 heavy (non-hydrogen) atoms. The highest BCUT2D eigenvalue weighted by atomic mass is 32.2. The lowest BCUT2D eigenvalue weighted by Crippen LogP contribution is -2.16. The number of benzene rings is 2. The summed E-state index contributed by atoms with van der Waals surface area (Å²) in [5, 5.41) is 11.9. The van der Waals surface area contributed by atoms with E-state index in [9.17, 15) is 9.18 Å². The minimum absolute atomic E-state index is 0.116. The van der Waals surface area contributed by atoms with Crippen LogP contribution in [0.5, 0.6) is 5.75 Å². The monoisotopic (exact) mass is 426 g/mol. The van der Waals surface area contributed by atoms with Gasteiger partial charge in [-0.15, -0.1) is 16.8 Å². The van der Waals surface area contributed by atoms with E-state index in [0.717, 1.165) is 16.8 Å². The summed E-state index contributed by atoms with van der Waals surface area (Å²) < 4.78 is 20.5. The fourth-order valence-electron chi connectivity index (χ4n) is 2.84. The number of thioether (sulfide) groups is 1. The van der Waals surface area contributed by atoms with E-state index >= 15 is 0 Å². The van der Waals surface area contributed by atoms with Crippen LogP contribution in [0.3, 0.4) is 0 Å². The van der Waals surface area contributed by atoms with E-state index in [2.05, 4.69) is 22.1 Å². The number of nitrogens with zero attached hydrogens (tertiary/aromatic N) is 3. The third-order valence-electron chi connectivity index (χ3n) is 4.36. The van der Waals surface area contributed by atoms with Gasteiger partial charge in [0.25, 0.3) is 0 Å². The maximum Gasteiger partial charge on any atom is 0.234 e. The van der Waals surface area contributed by atoms with Gasteiger partial charge in [0, 0.05) is 12.2 Å². The van der Waals surface area contributed by atoms with Crippen molar-refractivity contribution < 1.29 is 13.9 Å². The maximum absolute atomic E-state index is 13.0. The number of aromatic nitrogens is 3. The van der Waals surface area contributed by atoms with Gasteiger partial charge in [0.2, 0.25) is 5.91 Å². The molecule has 0 saturated carbocycles. The van der Waals surface area contributed by atoms with Crippen LogP contribution in [0.2, 0.25) is 0 Å². The zero-order valence-electron chi connectivity index (χ0n) is 16.9. The number of amides is 1. The van der Waals surface area contributed by atoms with Crippen molar-refractivity contribution in [2.75, 3.05) is 11.1 Å². The van der Waals surface area contributed by atoms with Crippen molar-refractivity contribution in [2.24, 2.45) is 0 Å². The first-order chi connectivity index (χ1) is 14.5. The van der Waals surface area contributed by atoms with Crippen molar-refractivity contribution in [1.82, 2.24) is 14.8 Å². The van der Waals surface area contributed by atoms with E-state index in [4.69, 9.17) is 4.74 Å². The molecule has 0 unspecified atom stereocenters. The number of rotatable bonds is 9. The number of allylic oxidation sites excluding steroid dienone is 1. The first-order valence-corrected chi connectivity index (χ1v) is 10.4. The largest absolute Gasteiger partial charge is 0.486 e. The van der Waals surface area contributed by atoms with Crippen molar-refractivity contribution in [3.8, 4) is 5.75 Å². The number of para-hydroxylation sites is 1. The lowest BCUT2D eigenvalue weighted by molar-refractivity contribution is -0.113. The van der Waals surface area contributed by atoms with Gasteiger partial charge in [0.1, 0.15) is 18.2 Å². The van der Waals surface area contributed by atoms with Gasteiger partial charge < -0.3 is 10.1 Å². The van der Waals surface area contributed by atoms with Gasteiger partial charge in [-0.2, -0.15) is 0 Å². The molecule has 0 radical (unpaired) electrons. The summed E-state index contributed by atoms with van der Waals surface area (Å²) in [5.74, 6) is 0.885. The molecule has 156 valence electrons. The second-order valence-electron chi connectivity index (χ2n) is 6.64. The lowest BCUT2D eigenvalue weighted by Gasteiger charge is -2.12. The Bertz CT molecular complexity index is 1010. The fraction of sp³-hybridized carbons (Fsp3) is 0.227. The van der Waals surface area contributed by atoms with Crippen LogP contribution in [0.15, 0.2) is 60.3 Å². The van der Waals surface area contributed by atoms with E-state index in [0.29, 0.717) is 23.3 Å². The Kier molecular flexibility index (Phi) is 7.24. The number of carbonyl (C=O) groups is 1. The average molecular weight is 427 g/mol. The molecule has 0 saturated heterocycles.